The zero-order valence-corrected chi connectivity index (χ0v) is 27.1. The molecule has 0 spiro atoms. The summed E-state index contributed by atoms with van der Waals surface area (Å²) in [4.78, 5) is 6.39. The van der Waals surface area contributed by atoms with Gasteiger partial charge in [-0.2, -0.15) is 0 Å². The Morgan fingerprint density at radius 1 is 0.489 bits per heavy atom. The van der Waals surface area contributed by atoms with Gasteiger partial charge < -0.3 is 10.3 Å². The number of fused-ring (bicyclic) bond motifs is 5. The van der Waals surface area contributed by atoms with Gasteiger partial charge in [0.05, 0.1) is 16.9 Å². The number of H-pyrrole nitrogens is 1. The number of anilines is 2. The van der Waals surface area contributed by atoms with Gasteiger partial charge in [-0.15, -0.1) is 0 Å². The number of aromatic nitrogens is 1. The van der Waals surface area contributed by atoms with Gasteiger partial charge in [0.15, 0.2) is 0 Å². The summed E-state index contributed by atoms with van der Waals surface area (Å²) < 4.78 is 0. The molecular formula is C44H32N2S. The van der Waals surface area contributed by atoms with Gasteiger partial charge in [0.1, 0.15) is 0 Å². The second-order valence-corrected chi connectivity index (χ2v) is 13.4. The van der Waals surface area contributed by atoms with Crippen LogP contribution in [0.5, 0.6) is 0 Å². The quantitative estimate of drug-likeness (QED) is 0.205. The summed E-state index contributed by atoms with van der Waals surface area (Å²) in [7, 11) is 0. The van der Waals surface area contributed by atoms with Gasteiger partial charge >= 0.3 is 0 Å². The van der Waals surface area contributed by atoms with Crippen LogP contribution in [0.4, 0.5) is 11.4 Å². The zero-order valence-electron chi connectivity index (χ0n) is 26.3. The molecule has 3 heteroatoms. The van der Waals surface area contributed by atoms with Crippen LogP contribution in [0.1, 0.15) is 11.1 Å². The van der Waals surface area contributed by atoms with Crippen LogP contribution in [0, 0.1) is 13.8 Å². The fraction of sp³-hybridized carbons (Fsp3) is 0.0455. The zero-order chi connectivity index (χ0) is 31.5. The minimum atomic E-state index is 1.15. The predicted octanol–water partition coefficient (Wildman–Crippen LogP) is 12.8. The van der Waals surface area contributed by atoms with Crippen molar-refractivity contribution in [1.82, 2.24) is 4.98 Å². The number of aromatic amines is 1. The second kappa shape index (κ2) is 11.1. The molecular weight excluding hydrogens is 589 g/mol. The Morgan fingerprint density at radius 2 is 1.13 bits per heavy atom. The van der Waals surface area contributed by atoms with Crippen LogP contribution in [-0.4, -0.2) is 4.98 Å². The molecule has 0 unspecified atom stereocenters. The molecule has 9 rings (SSSR count). The molecule has 0 amide bonds. The third-order valence-corrected chi connectivity index (χ3v) is 10.7. The first-order chi connectivity index (χ1) is 23.2. The van der Waals surface area contributed by atoms with E-state index in [2.05, 4.69) is 170 Å². The molecule has 7 aromatic carbocycles. The maximum absolute atomic E-state index is 3.89. The summed E-state index contributed by atoms with van der Waals surface area (Å²) in [6, 6.07) is 52.7. The minimum Gasteiger partial charge on any atom is -0.354 e. The van der Waals surface area contributed by atoms with E-state index in [1.54, 1.807) is 0 Å². The molecule has 8 aromatic rings. The van der Waals surface area contributed by atoms with Crippen molar-refractivity contribution in [2.75, 3.05) is 5.32 Å². The highest BCUT2D eigenvalue weighted by Gasteiger charge is 2.27. The molecule has 0 saturated carbocycles. The van der Waals surface area contributed by atoms with Crippen LogP contribution < -0.4 is 5.32 Å². The monoisotopic (exact) mass is 620 g/mol. The standard InChI is InChI=1S/C44H32N2S/c1-27-26-40-44(46-38-22-12-13-23-39(38)47-40)41(28(27)2)42-35(24-25-36-34-20-10-11-21-37(34)45-43(36)42)33-19-9-8-18-32(33)31-17-7-6-16-30(31)29-14-4-3-5-15-29/h3-26,45-46H,1-2H3. The molecule has 1 aliphatic heterocycles. The van der Waals surface area contributed by atoms with E-state index >= 15 is 0 Å². The van der Waals surface area contributed by atoms with E-state index in [-0.39, 0.29) is 0 Å². The smallest absolute Gasteiger partial charge is 0.0609 e. The van der Waals surface area contributed by atoms with Crippen molar-refractivity contribution in [3.63, 3.8) is 0 Å². The molecule has 0 atom stereocenters. The molecule has 2 nitrogen and oxygen atoms in total. The second-order valence-electron chi connectivity index (χ2n) is 12.3. The first-order valence-electron chi connectivity index (χ1n) is 16.1. The van der Waals surface area contributed by atoms with Crippen LogP contribution in [0.3, 0.4) is 0 Å². The maximum atomic E-state index is 3.89. The van der Waals surface area contributed by atoms with Gasteiger partial charge in [-0.25, -0.2) is 0 Å². The summed E-state index contributed by atoms with van der Waals surface area (Å²) >= 11 is 1.85. The number of aryl methyl sites for hydroxylation is 1. The van der Waals surface area contributed by atoms with Crippen molar-refractivity contribution in [2.24, 2.45) is 0 Å². The Morgan fingerprint density at radius 3 is 1.94 bits per heavy atom. The number of hydrogen-bond acceptors (Lipinski definition) is 2. The topological polar surface area (TPSA) is 27.8 Å². The van der Waals surface area contributed by atoms with Gasteiger partial charge in [-0.1, -0.05) is 133 Å². The summed E-state index contributed by atoms with van der Waals surface area (Å²) in [6.07, 6.45) is 0. The minimum absolute atomic E-state index is 1.15. The Balaban J connectivity index is 1.38. The number of nitrogens with one attached hydrogen (secondary N) is 2. The molecule has 0 radical (unpaired) electrons. The third kappa shape index (κ3) is 4.50. The van der Waals surface area contributed by atoms with E-state index in [0.29, 0.717) is 0 Å². The highest BCUT2D eigenvalue weighted by Crippen LogP contribution is 2.53. The van der Waals surface area contributed by atoms with Gasteiger partial charge in [0.2, 0.25) is 0 Å². The lowest BCUT2D eigenvalue weighted by atomic mass is 9.84. The van der Waals surface area contributed by atoms with Gasteiger partial charge in [0, 0.05) is 37.2 Å². The molecule has 0 aliphatic carbocycles. The van der Waals surface area contributed by atoms with Gasteiger partial charge in [-0.3, -0.25) is 0 Å². The fourth-order valence-corrected chi connectivity index (χ4v) is 8.36. The SMILES string of the molecule is Cc1cc2c(c(-c3c(-c4ccccc4-c4ccccc4-c4ccccc4)ccc4c3[nH]c3ccccc34)c1C)Nc1ccccc1S2. The molecule has 2 heterocycles. The van der Waals surface area contributed by atoms with Crippen molar-refractivity contribution in [1.29, 1.82) is 0 Å². The molecule has 47 heavy (non-hydrogen) atoms. The van der Waals surface area contributed by atoms with Crippen molar-refractivity contribution in [3.05, 3.63) is 157 Å². The molecule has 1 aromatic heterocycles. The van der Waals surface area contributed by atoms with Crippen LogP contribution in [0.15, 0.2) is 155 Å². The van der Waals surface area contributed by atoms with E-state index in [1.807, 2.05) is 11.8 Å². The molecule has 0 bridgehead atoms. The highest BCUT2D eigenvalue weighted by atomic mass is 32.2. The Kier molecular flexibility index (Phi) is 6.55. The van der Waals surface area contributed by atoms with Crippen molar-refractivity contribution in [3.8, 4) is 44.5 Å². The van der Waals surface area contributed by atoms with Crippen LogP contribution in [0.2, 0.25) is 0 Å². The van der Waals surface area contributed by atoms with E-state index in [1.165, 1.54) is 81.9 Å². The van der Waals surface area contributed by atoms with E-state index in [4.69, 9.17) is 0 Å². The molecule has 2 N–H and O–H groups in total. The highest BCUT2D eigenvalue weighted by molar-refractivity contribution is 7.99. The predicted molar refractivity (Wildman–Crippen MR) is 201 cm³/mol. The van der Waals surface area contributed by atoms with Crippen LogP contribution >= 0.6 is 11.8 Å². The first kappa shape index (κ1) is 27.8. The number of hydrogen-bond donors (Lipinski definition) is 2. The first-order valence-corrected chi connectivity index (χ1v) is 16.9. The molecule has 0 saturated heterocycles. The average Bonchev–Trinajstić information content (AvgIpc) is 3.51. The van der Waals surface area contributed by atoms with Gasteiger partial charge in [-0.05, 0) is 82.6 Å². The summed E-state index contributed by atoms with van der Waals surface area (Å²) in [5.41, 5.74) is 17.0. The normalized spacial score (nSPS) is 12.1. The fourth-order valence-electron chi connectivity index (χ4n) is 7.26. The average molecular weight is 621 g/mol. The lowest BCUT2D eigenvalue weighted by Crippen LogP contribution is -2.05. The van der Waals surface area contributed by atoms with E-state index in [9.17, 15) is 0 Å². The van der Waals surface area contributed by atoms with Crippen LogP contribution in [0.25, 0.3) is 66.3 Å². The number of benzene rings is 7. The third-order valence-electron chi connectivity index (χ3n) is 9.63. The number of para-hydroxylation sites is 2. The largest absolute Gasteiger partial charge is 0.354 e. The molecule has 1 aliphatic rings. The van der Waals surface area contributed by atoms with Crippen molar-refractivity contribution >= 4 is 44.9 Å². The van der Waals surface area contributed by atoms with E-state index < -0.39 is 0 Å². The Labute approximate surface area is 279 Å². The maximum Gasteiger partial charge on any atom is 0.0609 e. The summed E-state index contributed by atoms with van der Waals surface area (Å²) in [6.45, 7) is 4.52. The summed E-state index contributed by atoms with van der Waals surface area (Å²) in [5.74, 6) is 0. The number of rotatable bonds is 4. The van der Waals surface area contributed by atoms with E-state index in [0.717, 1.165) is 16.7 Å². The Hall–Kier alpha value is -5.51. The lowest BCUT2D eigenvalue weighted by Gasteiger charge is -2.27. The Bertz CT molecular complexity index is 2490. The van der Waals surface area contributed by atoms with Crippen LogP contribution in [-0.2, 0) is 0 Å². The molecule has 0 fully saturated rings. The molecule has 224 valence electrons. The summed E-state index contributed by atoms with van der Waals surface area (Å²) in [5, 5.41) is 6.37. The van der Waals surface area contributed by atoms with Crippen molar-refractivity contribution in [2.45, 2.75) is 23.6 Å². The van der Waals surface area contributed by atoms with Crippen molar-refractivity contribution < 1.29 is 0 Å². The van der Waals surface area contributed by atoms with Gasteiger partial charge in [0.25, 0.3) is 0 Å². The lowest BCUT2D eigenvalue weighted by molar-refractivity contribution is 1.24.